The van der Waals surface area contributed by atoms with Crippen molar-refractivity contribution in [2.75, 3.05) is 0 Å². The number of rotatable bonds is 5. The van der Waals surface area contributed by atoms with Crippen molar-refractivity contribution in [3.63, 3.8) is 0 Å². The number of imidazole rings is 1. The molecule has 0 spiro atoms. The highest BCUT2D eigenvalue weighted by Gasteiger charge is 2.18. The average molecular weight is 527 g/mol. The Hall–Kier alpha value is -5.21. The molecule has 0 fully saturated rings. The molecule has 1 aromatic heterocycles. The van der Waals surface area contributed by atoms with Gasteiger partial charge in [0, 0.05) is 12.6 Å². The summed E-state index contributed by atoms with van der Waals surface area (Å²) in [5.74, 6) is 0.975. The molecule has 2 heteroatoms. The molecule has 0 radical (unpaired) electrons. The van der Waals surface area contributed by atoms with Crippen molar-refractivity contribution in [1.82, 2.24) is 9.55 Å². The highest BCUT2D eigenvalue weighted by molar-refractivity contribution is 6.21. The van der Waals surface area contributed by atoms with Gasteiger partial charge in [0.1, 0.15) is 5.82 Å². The maximum atomic E-state index is 5.09. The van der Waals surface area contributed by atoms with Gasteiger partial charge < -0.3 is 4.57 Å². The second-order valence-corrected chi connectivity index (χ2v) is 10.5. The third-order valence-corrected chi connectivity index (χ3v) is 8.07. The Morgan fingerprint density at radius 2 is 1.17 bits per heavy atom. The van der Waals surface area contributed by atoms with E-state index in [1.165, 1.54) is 49.4 Å². The van der Waals surface area contributed by atoms with Crippen LogP contribution in [0, 0.1) is 0 Å². The van der Waals surface area contributed by atoms with E-state index in [2.05, 4.69) is 146 Å². The lowest BCUT2D eigenvalue weighted by atomic mass is 9.85. The van der Waals surface area contributed by atoms with E-state index in [0.717, 1.165) is 28.0 Å². The lowest BCUT2D eigenvalue weighted by molar-refractivity contribution is 0.959. The van der Waals surface area contributed by atoms with E-state index >= 15 is 0 Å². The van der Waals surface area contributed by atoms with Gasteiger partial charge in [-0.05, 0) is 80.0 Å². The van der Waals surface area contributed by atoms with Crippen LogP contribution in [0.5, 0.6) is 0 Å². The molecule has 0 aliphatic carbocycles. The largest absolute Gasteiger partial charge is 0.327 e. The second-order valence-electron chi connectivity index (χ2n) is 10.5. The highest BCUT2D eigenvalue weighted by Crippen LogP contribution is 2.44. The van der Waals surface area contributed by atoms with Gasteiger partial charge in [-0.25, -0.2) is 4.98 Å². The number of hydrogen-bond acceptors (Lipinski definition) is 1. The first-order chi connectivity index (χ1) is 20.2. The molecule has 0 saturated carbocycles. The Labute approximate surface area is 240 Å². The fraction of sp³-hybridized carbons (Fsp3) is 0.0513. The molecule has 1 heterocycles. The molecule has 0 saturated heterocycles. The van der Waals surface area contributed by atoms with Crippen LogP contribution in [0.3, 0.4) is 0 Å². The molecule has 0 N–H and O–H groups in total. The van der Waals surface area contributed by atoms with Crippen molar-refractivity contribution < 1.29 is 0 Å². The fourth-order valence-corrected chi connectivity index (χ4v) is 6.19. The van der Waals surface area contributed by atoms with E-state index in [9.17, 15) is 0 Å². The van der Waals surface area contributed by atoms with Crippen molar-refractivity contribution in [2.24, 2.45) is 7.05 Å². The van der Waals surface area contributed by atoms with E-state index in [1.54, 1.807) is 0 Å². The molecule has 6 aromatic carbocycles. The predicted molar refractivity (Wildman–Crippen MR) is 177 cm³/mol. The molecule has 2 nitrogen and oxygen atoms in total. The molecule has 196 valence electrons. The zero-order chi connectivity index (χ0) is 27.9. The maximum Gasteiger partial charge on any atom is 0.140 e. The fourth-order valence-electron chi connectivity index (χ4n) is 6.19. The summed E-state index contributed by atoms with van der Waals surface area (Å²) in [6.45, 7) is 6.08. The average Bonchev–Trinajstić information content (AvgIpc) is 3.35. The first-order valence-electron chi connectivity index (χ1n) is 14.0. The van der Waals surface area contributed by atoms with Gasteiger partial charge in [-0.1, -0.05) is 122 Å². The second kappa shape index (κ2) is 10.1. The summed E-state index contributed by atoms with van der Waals surface area (Å²) in [6.07, 6.45) is 6.17. The van der Waals surface area contributed by atoms with Gasteiger partial charge in [-0.2, -0.15) is 0 Å². The van der Waals surface area contributed by atoms with Crippen LogP contribution < -0.4 is 0 Å². The summed E-state index contributed by atoms with van der Waals surface area (Å²) < 4.78 is 2.18. The van der Waals surface area contributed by atoms with Gasteiger partial charge in [0.25, 0.3) is 0 Å². The van der Waals surface area contributed by atoms with Crippen molar-refractivity contribution in [1.29, 1.82) is 0 Å². The molecule has 0 amide bonds. The van der Waals surface area contributed by atoms with E-state index in [4.69, 9.17) is 4.98 Å². The summed E-state index contributed by atoms with van der Waals surface area (Å²) in [5, 5.41) is 4.95. The van der Waals surface area contributed by atoms with Gasteiger partial charge >= 0.3 is 0 Å². The topological polar surface area (TPSA) is 17.8 Å². The summed E-state index contributed by atoms with van der Waals surface area (Å²) in [4.78, 5) is 5.09. The van der Waals surface area contributed by atoms with Gasteiger partial charge in [-0.15, -0.1) is 0 Å². The van der Waals surface area contributed by atoms with E-state index in [1.807, 2.05) is 12.1 Å². The van der Waals surface area contributed by atoms with Crippen LogP contribution >= 0.6 is 0 Å². The van der Waals surface area contributed by atoms with Gasteiger partial charge in [0.15, 0.2) is 0 Å². The molecule has 7 rings (SSSR count). The molecule has 0 aliphatic rings. The minimum atomic E-state index is 0.975. The summed E-state index contributed by atoms with van der Waals surface area (Å²) in [6, 6.07) is 41.4. The number of hydrogen-bond donors (Lipinski definition) is 0. The number of benzene rings is 6. The summed E-state index contributed by atoms with van der Waals surface area (Å²) >= 11 is 0. The first kappa shape index (κ1) is 24.8. The standard InChI is InChI=1S/C39H30N2/c1-4-13-28-24-29(21-20-26(28)5-2)37-31-16-9-11-18-33(31)38(34-19-12-10-17-32(34)37)30-22-23-36-35(25-30)40-39(41(36)3)27-14-7-6-8-15-27/h4-25H,2H2,1,3H3/b13-4-. The zero-order valence-electron chi connectivity index (χ0n) is 23.3. The SMILES string of the molecule is C=Cc1ccc(-c2c3ccccc3c(-c3ccc4c(c3)nc(-c3ccccc3)n4C)c3ccccc23)cc1/C=C\C. The third kappa shape index (κ3) is 4.08. The molecule has 0 unspecified atom stereocenters. The molecule has 41 heavy (non-hydrogen) atoms. The molecule has 0 atom stereocenters. The van der Waals surface area contributed by atoms with Crippen LogP contribution in [0.25, 0.3) is 78.4 Å². The number of nitrogens with zero attached hydrogens (tertiary/aromatic N) is 2. The number of aromatic nitrogens is 2. The van der Waals surface area contributed by atoms with Crippen LogP contribution in [0.15, 0.2) is 128 Å². The number of allylic oxidation sites excluding steroid dienone is 1. The number of aryl methyl sites for hydroxylation is 1. The van der Waals surface area contributed by atoms with Gasteiger partial charge in [-0.3, -0.25) is 0 Å². The van der Waals surface area contributed by atoms with Crippen LogP contribution in [0.1, 0.15) is 18.1 Å². The van der Waals surface area contributed by atoms with Crippen molar-refractivity contribution in [2.45, 2.75) is 6.92 Å². The van der Waals surface area contributed by atoms with E-state index in [0.29, 0.717) is 0 Å². The Morgan fingerprint density at radius 3 is 1.76 bits per heavy atom. The first-order valence-corrected chi connectivity index (χ1v) is 14.0. The minimum absolute atomic E-state index is 0.975. The maximum absolute atomic E-state index is 5.09. The predicted octanol–water partition coefficient (Wildman–Crippen LogP) is 10.6. The molecular formula is C39H30N2. The molecule has 0 bridgehead atoms. The normalized spacial score (nSPS) is 11.7. The van der Waals surface area contributed by atoms with E-state index in [-0.39, 0.29) is 0 Å². The molecule has 0 aliphatic heterocycles. The Bertz CT molecular complexity index is 2070. The van der Waals surface area contributed by atoms with Gasteiger partial charge in [0.2, 0.25) is 0 Å². The third-order valence-electron chi connectivity index (χ3n) is 8.07. The lowest BCUT2D eigenvalue weighted by Crippen LogP contribution is -1.93. The monoisotopic (exact) mass is 526 g/mol. The molecule has 7 aromatic rings. The highest BCUT2D eigenvalue weighted by atomic mass is 15.1. The van der Waals surface area contributed by atoms with E-state index < -0.39 is 0 Å². The van der Waals surface area contributed by atoms with Crippen LogP contribution in [0.4, 0.5) is 0 Å². The zero-order valence-corrected chi connectivity index (χ0v) is 23.3. The molecular weight excluding hydrogens is 496 g/mol. The summed E-state index contributed by atoms with van der Waals surface area (Å²) in [7, 11) is 2.09. The van der Waals surface area contributed by atoms with Crippen LogP contribution in [0.2, 0.25) is 0 Å². The Morgan fingerprint density at radius 1 is 0.610 bits per heavy atom. The van der Waals surface area contributed by atoms with Gasteiger partial charge in [0.05, 0.1) is 11.0 Å². The van der Waals surface area contributed by atoms with Crippen LogP contribution in [-0.2, 0) is 7.05 Å². The quantitative estimate of drug-likeness (QED) is 0.204. The lowest BCUT2D eigenvalue weighted by Gasteiger charge is -2.18. The summed E-state index contributed by atoms with van der Waals surface area (Å²) in [5.41, 5.74) is 10.4. The van der Waals surface area contributed by atoms with Crippen molar-refractivity contribution in [3.05, 3.63) is 139 Å². The Kier molecular flexibility index (Phi) is 6.10. The Balaban J connectivity index is 1.51. The minimum Gasteiger partial charge on any atom is -0.327 e. The number of fused-ring (bicyclic) bond motifs is 3. The van der Waals surface area contributed by atoms with Crippen molar-refractivity contribution in [3.8, 4) is 33.6 Å². The smallest absolute Gasteiger partial charge is 0.140 e. The van der Waals surface area contributed by atoms with Crippen LogP contribution in [-0.4, -0.2) is 9.55 Å². The van der Waals surface area contributed by atoms with Crippen molar-refractivity contribution >= 4 is 44.7 Å².